The highest BCUT2D eigenvalue weighted by Crippen LogP contribution is 2.35. The summed E-state index contributed by atoms with van der Waals surface area (Å²) in [6, 6.07) is 8.44. The van der Waals surface area contributed by atoms with Gasteiger partial charge < -0.3 is 24.4 Å². The van der Waals surface area contributed by atoms with Gasteiger partial charge in [-0.3, -0.25) is 9.79 Å². The van der Waals surface area contributed by atoms with Crippen molar-refractivity contribution in [3.05, 3.63) is 29.8 Å². The molecule has 1 N–H and O–H groups in total. The second kappa shape index (κ2) is 10.2. The minimum absolute atomic E-state index is 0.0218. The Bertz CT molecular complexity index is 728. The maximum absolute atomic E-state index is 12.1. The molecule has 2 saturated heterocycles. The van der Waals surface area contributed by atoms with E-state index in [9.17, 15) is 4.79 Å². The molecule has 7 heteroatoms. The number of carbonyl (C=O) groups is 1. The summed E-state index contributed by atoms with van der Waals surface area (Å²) in [6.45, 7) is 8.44. The van der Waals surface area contributed by atoms with Crippen LogP contribution in [0.3, 0.4) is 0 Å². The zero-order chi connectivity index (χ0) is 21.6. The minimum Gasteiger partial charge on any atom is -0.494 e. The fraction of sp³-hybridized carbons (Fsp3) is 0.652. The van der Waals surface area contributed by atoms with E-state index in [1.165, 1.54) is 12.7 Å². The number of rotatable bonds is 6. The fourth-order valence-electron chi connectivity index (χ4n) is 4.58. The normalized spacial score (nSPS) is 23.9. The van der Waals surface area contributed by atoms with E-state index in [2.05, 4.69) is 34.3 Å². The third-order valence-corrected chi connectivity index (χ3v) is 6.44. The van der Waals surface area contributed by atoms with Gasteiger partial charge in [-0.1, -0.05) is 19.1 Å². The summed E-state index contributed by atoms with van der Waals surface area (Å²) in [7, 11) is 3.25. The smallest absolute Gasteiger partial charge is 0.310 e. The lowest BCUT2D eigenvalue weighted by atomic mass is 9.74. The van der Waals surface area contributed by atoms with E-state index in [-0.39, 0.29) is 23.2 Å². The molecule has 166 valence electrons. The first kappa shape index (κ1) is 22.4. The number of hydrogen-bond acceptors (Lipinski definition) is 5. The zero-order valence-corrected chi connectivity index (χ0v) is 18.6. The minimum atomic E-state index is -0.143. The topological polar surface area (TPSA) is 72.4 Å². The molecule has 7 nitrogen and oxygen atoms in total. The molecule has 2 aliphatic heterocycles. The first-order valence-corrected chi connectivity index (χ1v) is 10.9. The van der Waals surface area contributed by atoms with E-state index in [1.54, 1.807) is 7.05 Å². The van der Waals surface area contributed by atoms with E-state index < -0.39 is 0 Å². The van der Waals surface area contributed by atoms with Gasteiger partial charge in [0.1, 0.15) is 5.75 Å². The molecule has 0 aliphatic carbocycles. The lowest BCUT2D eigenvalue weighted by Crippen LogP contribution is -2.49. The molecule has 0 spiro atoms. The van der Waals surface area contributed by atoms with Crippen LogP contribution >= 0.6 is 0 Å². The van der Waals surface area contributed by atoms with Gasteiger partial charge in [0.2, 0.25) is 0 Å². The summed E-state index contributed by atoms with van der Waals surface area (Å²) in [5.41, 5.74) is 1.27. The number of ether oxygens (including phenoxy) is 3. The van der Waals surface area contributed by atoms with Gasteiger partial charge in [0, 0.05) is 45.3 Å². The Labute approximate surface area is 179 Å². The molecule has 3 rings (SSSR count). The largest absolute Gasteiger partial charge is 0.494 e. The molecule has 1 aromatic rings. The van der Waals surface area contributed by atoms with E-state index in [1.807, 2.05) is 19.1 Å². The predicted octanol–water partition coefficient (Wildman–Crippen LogP) is 2.45. The van der Waals surface area contributed by atoms with Gasteiger partial charge in [0.15, 0.2) is 5.96 Å². The van der Waals surface area contributed by atoms with Gasteiger partial charge in [-0.25, -0.2) is 0 Å². The van der Waals surface area contributed by atoms with Crippen LogP contribution in [0.1, 0.15) is 32.3 Å². The third kappa shape index (κ3) is 4.89. The molecule has 0 radical (unpaired) electrons. The number of carbonyl (C=O) groups excluding carboxylic acids is 1. The number of nitrogens with one attached hydrogen (secondary N) is 1. The van der Waals surface area contributed by atoms with Crippen LogP contribution in [0.25, 0.3) is 0 Å². The van der Waals surface area contributed by atoms with Crippen LogP contribution in [-0.4, -0.2) is 70.4 Å². The summed E-state index contributed by atoms with van der Waals surface area (Å²) in [5.74, 6) is 1.71. The highest BCUT2D eigenvalue weighted by atomic mass is 16.5. The average Bonchev–Trinajstić information content (AvgIpc) is 3.16. The number of nitrogens with zero attached hydrogens (tertiary/aromatic N) is 2. The molecule has 0 saturated carbocycles. The first-order chi connectivity index (χ1) is 14.5. The molecule has 2 heterocycles. The maximum atomic E-state index is 12.1. The quantitative estimate of drug-likeness (QED) is 0.436. The van der Waals surface area contributed by atoms with Crippen molar-refractivity contribution < 1.29 is 19.0 Å². The highest BCUT2D eigenvalue weighted by Gasteiger charge is 2.39. The predicted molar refractivity (Wildman–Crippen MR) is 117 cm³/mol. The summed E-state index contributed by atoms with van der Waals surface area (Å²) in [6.07, 6.45) is 1.90. The second-order valence-corrected chi connectivity index (χ2v) is 8.26. The number of aliphatic imine (C=N–C) groups is 1. The second-order valence-electron chi connectivity index (χ2n) is 8.26. The Hall–Kier alpha value is -2.28. The first-order valence-electron chi connectivity index (χ1n) is 10.9. The van der Waals surface area contributed by atoms with Crippen LogP contribution in [0.4, 0.5) is 0 Å². The van der Waals surface area contributed by atoms with E-state index in [4.69, 9.17) is 14.2 Å². The monoisotopic (exact) mass is 417 g/mol. The molecular weight excluding hydrogens is 382 g/mol. The molecule has 0 bridgehead atoms. The van der Waals surface area contributed by atoms with Crippen molar-refractivity contribution in [1.82, 2.24) is 10.2 Å². The van der Waals surface area contributed by atoms with Crippen LogP contribution < -0.4 is 10.1 Å². The van der Waals surface area contributed by atoms with Crippen LogP contribution in [0, 0.1) is 11.8 Å². The summed E-state index contributed by atoms with van der Waals surface area (Å²) < 4.78 is 16.2. The molecule has 1 aromatic carbocycles. The number of guanidine groups is 1. The number of benzene rings is 1. The van der Waals surface area contributed by atoms with Gasteiger partial charge in [0.25, 0.3) is 0 Å². The molecule has 2 unspecified atom stereocenters. The van der Waals surface area contributed by atoms with Crippen molar-refractivity contribution in [3.8, 4) is 5.75 Å². The molecule has 0 amide bonds. The summed E-state index contributed by atoms with van der Waals surface area (Å²) in [4.78, 5) is 18.7. The third-order valence-electron chi connectivity index (χ3n) is 6.44. The summed E-state index contributed by atoms with van der Waals surface area (Å²) in [5, 5.41) is 3.60. The highest BCUT2D eigenvalue weighted by molar-refractivity contribution is 5.82. The van der Waals surface area contributed by atoms with Crippen molar-refractivity contribution in [2.45, 2.75) is 32.1 Å². The van der Waals surface area contributed by atoms with Gasteiger partial charge in [-0.15, -0.1) is 0 Å². The molecule has 2 aliphatic rings. The van der Waals surface area contributed by atoms with Gasteiger partial charge >= 0.3 is 5.97 Å². The molecule has 2 fully saturated rings. The SMILES string of the molecule is CCOc1ccc(C2(CNC(=NC)N3CC(C)C(C(=O)OC)C3)CCOCC2)cc1. The molecule has 30 heavy (non-hydrogen) atoms. The molecule has 2 atom stereocenters. The van der Waals surface area contributed by atoms with Crippen molar-refractivity contribution in [1.29, 1.82) is 0 Å². The van der Waals surface area contributed by atoms with Gasteiger partial charge in [0.05, 0.1) is 19.6 Å². The lowest BCUT2D eigenvalue weighted by Gasteiger charge is -2.39. The van der Waals surface area contributed by atoms with Crippen LogP contribution in [0.5, 0.6) is 5.75 Å². The maximum Gasteiger partial charge on any atom is 0.310 e. The average molecular weight is 418 g/mol. The van der Waals surface area contributed by atoms with Crippen molar-refractivity contribution >= 4 is 11.9 Å². The molecule has 0 aromatic heterocycles. The number of hydrogen-bond donors (Lipinski definition) is 1. The Morgan fingerprint density at radius 1 is 1.27 bits per heavy atom. The fourth-order valence-corrected chi connectivity index (χ4v) is 4.58. The summed E-state index contributed by atoms with van der Waals surface area (Å²) >= 11 is 0. The Kier molecular flexibility index (Phi) is 7.58. The van der Waals surface area contributed by atoms with Crippen molar-refractivity contribution in [2.24, 2.45) is 16.8 Å². The van der Waals surface area contributed by atoms with Crippen LogP contribution in [0.2, 0.25) is 0 Å². The Balaban J connectivity index is 1.71. The Morgan fingerprint density at radius 2 is 1.97 bits per heavy atom. The number of likely N-dealkylation sites (tertiary alicyclic amines) is 1. The van der Waals surface area contributed by atoms with E-state index in [0.29, 0.717) is 13.2 Å². The van der Waals surface area contributed by atoms with E-state index in [0.717, 1.165) is 50.9 Å². The van der Waals surface area contributed by atoms with Gasteiger partial charge in [-0.2, -0.15) is 0 Å². The number of esters is 1. The van der Waals surface area contributed by atoms with Crippen LogP contribution in [0.15, 0.2) is 29.3 Å². The lowest BCUT2D eigenvalue weighted by molar-refractivity contribution is -0.145. The Morgan fingerprint density at radius 3 is 2.57 bits per heavy atom. The standard InChI is InChI=1S/C23H35N3O4/c1-5-30-19-8-6-18(7-9-19)23(10-12-29-13-11-23)16-25-22(24-3)26-14-17(2)20(15-26)21(27)28-4/h6-9,17,20H,5,10-16H2,1-4H3,(H,24,25). The van der Waals surface area contributed by atoms with Crippen LogP contribution in [-0.2, 0) is 19.7 Å². The zero-order valence-electron chi connectivity index (χ0n) is 18.6. The van der Waals surface area contributed by atoms with Crippen molar-refractivity contribution in [3.63, 3.8) is 0 Å². The van der Waals surface area contributed by atoms with E-state index >= 15 is 0 Å². The molecular formula is C23H35N3O4. The van der Waals surface area contributed by atoms with Gasteiger partial charge in [-0.05, 0) is 43.4 Å². The van der Waals surface area contributed by atoms with Crippen molar-refractivity contribution in [2.75, 3.05) is 53.6 Å². The number of methoxy groups -OCH3 is 1.